The van der Waals surface area contributed by atoms with E-state index in [-0.39, 0.29) is 5.37 Å². The molecule has 3 aromatic carbocycles. The molecule has 1 heterocycles. The Balaban J connectivity index is 1.61. The van der Waals surface area contributed by atoms with Gasteiger partial charge in [0.1, 0.15) is 11.8 Å². The molecule has 1 aliphatic rings. The first-order chi connectivity index (χ1) is 13.2. The number of carboxylic acid groups (broad SMARTS) is 1. The molecule has 0 bridgehead atoms. The van der Waals surface area contributed by atoms with E-state index < -0.39 is 12.0 Å². The number of thioether (sulfide) groups is 1. The molecule has 0 aromatic heterocycles. The molecule has 2 unspecified atom stereocenters. The van der Waals surface area contributed by atoms with Crippen molar-refractivity contribution < 1.29 is 14.6 Å². The maximum absolute atomic E-state index is 11.3. The largest absolute Gasteiger partial charge is 0.493 e. The third-order valence-corrected chi connectivity index (χ3v) is 6.00. The van der Waals surface area contributed by atoms with Crippen LogP contribution in [0.5, 0.6) is 5.75 Å². The molecular weight excluding hydrogens is 358 g/mol. The Morgan fingerprint density at radius 1 is 1.07 bits per heavy atom. The molecule has 0 saturated carbocycles. The van der Waals surface area contributed by atoms with Crippen LogP contribution in [-0.4, -0.2) is 29.5 Å². The van der Waals surface area contributed by atoms with Crippen LogP contribution in [0.4, 0.5) is 0 Å². The number of aliphatic carboxylic acids is 1. The van der Waals surface area contributed by atoms with Gasteiger partial charge in [0.25, 0.3) is 0 Å². The molecule has 0 aliphatic carbocycles. The number of nitrogens with one attached hydrogen (secondary N) is 1. The summed E-state index contributed by atoms with van der Waals surface area (Å²) in [6.07, 6.45) is 0.829. The minimum atomic E-state index is -0.809. The molecule has 4 nitrogen and oxygen atoms in total. The summed E-state index contributed by atoms with van der Waals surface area (Å²) in [5.41, 5.74) is 2.27. The molecule has 0 radical (unpaired) electrons. The van der Waals surface area contributed by atoms with Crippen LogP contribution in [0, 0.1) is 0 Å². The molecule has 3 aromatic rings. The third-order valence-electron chi connectivity index (χ3n) is 4.76. The fraction of sp³-hybridized carbons (Fsp3) is 0.227. The number of rotatable bonds is 6. The highest BCUT2D eigenvalue weighted by molar-refractivity contribution is 7.99. The average Bonchev–Trinajstić information content (AvgIpc) is 3.18. The second-order valence-corrected chi connectivity index (χ2v) is 7.69. The number of hydrogen-bond donors (Lipinski definition) is 2. The van der Waals surface area contributed by atoms with Crippen LogP contribution in [0.2, 0.25) is 0 Å². The Bertz CT molecular complexity index is 945. The minimum Gasteiger partial charge on any atom is -0.493 e. The van der Waals surface area contributed by atoms with Crippen LogP contribution in [0.3, 0.4) is 0 Å². The molecule has 0 amide bonds. The Morgan fingerprint density at radius 3 is 2.63 bits per heavy atom. The lowest BCUT2D eigenvalue weighted by Gasteiger charge is -2.19. The van der Waals surface area contributed by atoms with Crippen LogP contribution in [0.25, 0.3) is 10.8 Å². The molecule has 138 valence electrons. The SMILES string of the molecule is O=C(O)C1CSC(c2c(OCCc3ccccc3)ccc3ccccc23)N1. The van der Waals surface area contributed by atoms with E-state index >= 15 is 0 Å². The maximum Gasteiger partial charge on any atom is 0.321 e. The Morgan fingerprint density at radius 2 is 1.85 bits per heavy atom. The summed E-state index contributed by atoms with van der Waals surface area (Å²) in [5.74, 6) is 0.560. The number of fused-ring (bicyclic) bond motifs is 1. The topological polar surface area (TPSA) is 58.6 Å². The summed E-state index contributed by atoms with van der Waals surface area (Å²) >= 11 is 1.62. The quantitative estimate of drug-likeness (QED) is 0.671. The van der Waals surface area contributed by atoms with E-state index in [0.29, 0.717) is 12.4 Å². The lowest BCUT2D eigenvalue weighted by Crippen LogP contribution is -2.33. The van der Waals surface area contributed by atoms with E-state index in [1.54, 1.807) is 11.8 Å². The van der Waals surface area contributed by atoms with Crippen molar-refractivity contribution in [1.29, 1.82) is 0 Å². The molecule has 1 fully saturated rings. The zero-order valence-electron chi connectivity index (χ0n) is 14.8. The van der Waals surface area contributed by atoms with Gasteiger partial charge in [-0.2, -0.15) is 0 Å². The molecule has 2 N–H and O–H groups in total. The van der Waals surface area contributed by atoms with Crippen molar-refractivity contribution in [2.75, 3.05) is 12.4 Å². The molecule has 1 aliphatic heterocycles. The Kier molecular flexibility index (Phi) is 5.32. The molecule has 1 saturated heterocycles. The zero-order valence-corrected chi connectivity index (χ0v) is 15.6. The van der Waals surface area contributed by atoms with Gasteiger partial charge in [0.05, 0.1) is 12.0 Å². The first-order valence-electron chi connectivity index (χ1n) is 9.01. The van der Waals surface area contributed by atoms with Crippen molar-refractivity contribution >= 4 is 28.5 Å². The second kappa shape index (κ2) is 8.03. The fourth-order valence-corrected chi connectivity index (χ4v) is 4.67. The number of benzene rings is 3. The first-order valence-corrected chi connectivity index (χ1v) is 10.1. The highest BCUT2D eigenvalue weighted by Gasteiger charge is 2.32. The number of carboxylic acids is 1. The van der Waals surface area contributed by atoms with E-state index in [1.807, 2.05) is 36.4 Å². The van der Waals surface area contributed by atoms with Gasteiger partial charge in [0.2, 0.25) is 0 Å². The highest BCUT2D eigenvalue weighted by atomic mass is 32.2. The average molecular weight is 379 g/mol. The van der Waals surface area contributed by atoms with Gasteiger partial charge in [-0.3, -0.25) is 10.1 Å². The van der Waals surface area contributed by atoms with Crippen molar-refractivity contribution in [2.45, 2.75) is 17.8 Å². The van der Waals surface area contributed by atoms with Crippen molar-refractivity contribution in [1.82, 2.24) is 5.32 Å². The monoisotopic (exact) mass is 379 g/mol. The summed E-state index contributed by atoms with van der Waals surface area (Å²) in [6.45, 7) is 0.578. The fourth-order valence-electron chi connectivity index (χ4n) is 3.38. The van der Waals surface area contributed by atoms with Gasteiger partial charge in [-0.05, 0) is 22.4 Å². The van der Waals surface area contributed by atoms with E-state index in [9.17, 15) is 9.90 Å². The predicted molar refractivity (Wildman–Crippen MR) is 109 cm³/mol. The number of carbonyl (C=O) groups is 1. The molecular formula is C22H21NO3S. The van der Waals surface area contributed by atoms with Crippen molar-refractivity contribution in [3.05, 3.63) is 77.9 Å². The van der Waals surface area contributed by atoms with Gasteiger partial charge in [-0.25, -0.2) is 0 Å². The summed E-state index contributed by atoms with van der Waals surface area (Å²) in [6, 6.07) is 21.9. The van der Waals surface area contributed by atoms with Gasteiger partial charge in [-0.15, -0.1) is 11.8 Å². The lowest BCUT2D eigenvalue weighted by molar-refractivity contribution is -0.138. The molecule has 4 rings (SSSR count). The Hall–Kier alpha value is -2.50. The summed E-state index contributed by atoms with van der Waals surface area (Å²) < 4.78 is 6.16. The zero-order chi connectivity index (χ0) is 18.6. The Labute approximate surface area is 162 Å². The van der Waals surface area contributed by atoms with E-state index in [4.69, 9.17) is 4.74 Å². The predicted octanol–water partition coefficient (Wildman–Crippen LogP) is 4.25. The minimum absolute atomic E-state index is 0.0936. The summed E-state index contributed by atoms with van der Waals surface area (Å²) in [5, 5.41) is 14.7. The molecule has 27 heavy (non-hydrogen) atoms. The van der Waals surface area contributed by atoms with Gasteiger partial charge >= 0.3 is 5.97 Å². The van der Waals surface area contributed by atoms with E-state index in [0.717, 1.165) is 28.5 Å². The lowest BCUT2D eigenvalue weighted by atomic mass is 10.0. The normalized spacial score (nSPS) is 19.3. The van der Waals surface area contributed by atoms with Gasteiger partial charge in [-0.1, -0.05) is 60.7 Å². The maximum atomic E-state index is 11.3. The standard InChI is InChI=1S/C22H21NO3S/c24-22(25)18-14-27-21(23-18)20-17-9-5-4-8-16(17)10-11-19(20)26-13-12-15-6-2-1-3-7-15/h1-11,18,21,23H,12-14H2,(H,24,25). The van der Waals surface area contributed by atoms with Crippen molar-refractivity contribution in [3.63, 3.8) is 0 Å². The van der Waals surface area contributed by atoms with Crippen LogP contribution in [-0.2, 0) is 11.2 Å². The van der Waals surface area contributed by atoms with Crippen molar-refractivity contribution in [2.24, 2.45) is 0 Å². The number of ether oxygens (including phenoxy) is 1. The van der Waals surface area contributed by atoms with Crippen LogP contribution in [0.1, 0.15) is 16.5 Å². The first kappa shape index (κ1) is 17.9. The van der Waals surface area contributed by atoms with Gasteiger partial charge in [0.15, 0.2) is 0 Å². The number of hydrogen-bond acceptors (Lipinski definition) is 4. The van der Waals surface area contributed by atoms with Gasteiger partial charge in [0, 0.05) is 17.7 Å². The second-order valence-electron chi connectivity index (χ2n) is 6.55. The molecule has 5 heteroatoms. The van der Waals surface area contributed by atoms with E-state index in [2.05, 4.69) is 35.6 Å². The smallest absolute Gasteiger partial charge is 0.321 e. The van der Waals surface area contributed by atoms with Crippen LogP contribution >= 0.6 is 11.8 Å². The van der Waals surface area contributed by atoms with Crippen LogP contribution < -0.4 is 10.1 Å². The third kappa shape index (κ3) is 3.94. The van der Waals surface area contributed by atoms with Crippen LogP contribution in [0.15, 0.2) is 66.7 Å². The van der Waals surface area contributed by atoms with Crippen molar-refractivity contribution in [3.8, 4) is 5.75 Å². The van der Waals surface area contributed by atoms with E-state index in [1.165, 1.54) is 5.56 Å². The highest BCUT2D eigenvalue weighted by Crippen LogP contribution is 2.41. The summed E-state index contributed by atoms with van der Waals surface area (Å²) in [7, 11) is 0. The molecule has 0 spiro atoms. The van der Waals surface area contributed by atoms with Gasteiger partial charge < -0.3 is 9.84 Å². The molecule has 2 atom stereocenters. The summed E-state index contributed by atoms with van der Waals surface area (Å²) in [4.78, 5) is 11.3.